The van der Waals surface area contributed by atoms with Gasteiger partial charge in [0.25, 0.3) is 11.8 Å². The standard InChI is InChI=1S/C24H27N3O6/c1-16-8-17(2)10-19(9-16)27(7-5-6-25)22(28)15-33-23(29)14-26-24(30)18-11-20(31-3)13-21(12-18)32-4/h8-13H,5,7,14-15H2,1-4H3,(H,26,30). The number of nitrogens with one attached hydrogen (secondary N) is 1. The highest BCUT2D eigenvalue weighted by Crippen LogP contribution is 2.22. The highest BCUT2D eigenvalue weighted by atomic mass is 16.5. The third-order valence-electron chi connectivity index (χ3n) is 4.63. The van der Waals surface area contributed by atoms with E-state index in [1.165, 1.54) is 31.3 Å². The van der Waals surface area contributed by atoms with Crippen LogP contribution in [0.4, 0.5) is 5.69 Å². The molecule has 2 amide bonds. The molecule has 0 aliphatic rings. The number of methoxy groups -OCH3 is 2. The van der Waals surface area contributed by atoms with E-state index in [2.05, 4.69) is 5.32 Å². The van der Waals surface area contributed by atoms with E-state index in [0.717, 1.165) is 11.1 Å². The Labute approximate surface area is 192 Å². The molecule has 1 N–H and O–H groups in total. The van der Waals surface area contributed by atoms with Crippen LogP contribution in [0.15, 0.2) is 36.4 Å². The van der Waals surface area contributed by atoms with E-state index < -0.39 is 30.9 Å². The molecule has 9 nitrogen and oxygen atoms in total. The minimum absolute atomic E-state index is 0.132. The molecular weight excluding hydrogens is 426 g/mol. The molecule has 0 radical (unpaired) electrons. The van der Waals surface area contributed by atoms with Gasteiger partial charge in [-0.25, -0.2) is 0 Å². The molecule has 174 valence electrons. The predicted molar refractivity (Wildman–Crippen MR) is 121 cm³/mol. The highest BCUT2D eigenvalue weighted by Gasteiger charge is 2.19. The first kappa shape index (κ1) is 25.2. The summed E-state index contributed by atoms with van der Waals surface area (Å²) >= 11 is 0. The van der Waals surface area contributed by atoms with Crippen molar-refractivity contribution < 1.29 is 28.6 Å². The third-order valence-corrected chi connectivity index (χ3v) is 4.63. The summed E-state index contributed by atoms with van der Waals surface area (Å²) in [4.78, 5) is 38.6. The molecule has 2 aromatic rings. The maximum atomic E-state index is 12.7. The number of ether oxygens (including phenoxy) is 3. The number of benzene rings is 2. The number of carbonyl (C=O) groups excluding carboxylic acids is 3. The van der Waals surface area contributed by atoms with Gasteiger partial charge in [0.15, 0.2) is 6.61 Å². The van der Waals surface area contributed by atoms with E-state index in [1.54, 1.807) is 6.07 Å². The van der Waals surface area contributed by atoms with Crippen molar-refractivity contribution in [2.45, 2.75) is 20.3 Å². The van der Waals surface area contributed by atoms with Crippen LogP contribution in [-0.4, -0.2) is 51.7 Å². The second-order valence-electron chi connectivity index (χ2n) is 7.24. The Morgan fingerprint density at radius 3 is 2.12 bits per heavy atom. The van der Waals surface area contributed by atoms with Crippen LogP contribution < -0.4 is 19.7 Å². The molecular formula is C24H27N3O6. The molecule has 0 aromatic heterocycles. The van der Waals surface area contributed by atoms with E-state index in [1.807, 2.05) is 38.1 Å². The number of nitriles is 1. The summed E-state index contributed by atoms with van der Waals surface area (Å²) in [6.07, 6.45) is 0.132. The summed E-state index contributed by atoms with van der Waals surface area (Å²) in [7, 11) is 2.92. The van der Waals surface area contributed by atoms with Gasteiger partial charge in [-0.05, 0) is 49.2 Å². The minimum atomic E-state index is -0.771. The first-order valence-corrected chi connectivity index (χ1v) is 10.2. The number of carbonyl (C=O) groups is 3. The number of nitrogens with zero attached hydrogens (tertiary/aromatic N) is 2. The van der Waals surface area contributed by atoms with E-state index in [4.69, 9.17) is 19.5 Å². The Morgan fingerprint density at radius 1 is 0.970 bits per heavy atom. The molecule has 0 aliphatic carbocycles. The summed E-state index contributed by atoms with van der Waals surface area (Å²) in [6.45, 7) is 3.05. The zero-order valence-corrected chi connectivity index (χ0v) is 19.1. The third kappa shape index (κ3) is 7.54. The first-order valence-electron chi connectivity index (χ1n) is 10.2. The molecule has 0 aliphatic heterocycles. The Bertz CT molecular complexity index is 1020. The van der Waals surface area contributed by atoms with Gasteiger partial charge in [0.1, 0.15) is 18.0 Å². The van der Waals surface area contributed by atoms with Crippen LogP contribution in [-0.2, 0) is 14.3 Å². The molecule has 0 unspecified atom stereocenters. The van der Waals surface area contributed by atoms with Crippen LogP contribution in [0.2, 0.25) is 0 Å². The average Bonchev–Trinajstić information content (AvgIpc) is 2.80. The summed E-state index contributed by atoms with van der Waals surface area (Å²) < 4.78 is 15.3. The molecule has 0 saturated carbocycles. The quantitative estimate of drug-likeness (QED) is 0.549. The van der Waals surface area contributed by atoms with E-state index in [0.29, 0.717) is 17.2 Å². The zero-order valence-electron chi connectivity index (χ0n) is 19.1. The summed E-state index contributed by atoms with van der Waals surface area (Å²) in [5.41, 5.74) is 2.80. The van der Waals surface area contributed by atoms with Crippen molar-refractivity contribution in [2.24, 2.45) is 0 Å². The lowest BCUT2D eigenvalue weighted by Crippen LogP contribution is -2.37. The summed E-state index contributed by atoms with van der Waals surface area (Å²) in [6, 6.07) is 12.3. The van der Waals surface area contributed by atoms with Crippen LogP contribution >= 0.6 is 0 Å². The lowest BCUT2D eigenvalue weighted by atomic mass is 10.1. The maximum absolute atomic E-state index is 12.7. The van der Waals surface area contributed by atoms with Gasteiger partial charge in [-0.2, -0.15) is 5.26 Å². The number of rotatable bonds is 10. The molecule has 0 spiro atoms. The fourth-order valence-electron chi connectivity index (χ4n) is 3.13. The number of hydrogen-bond donors (Lipinski definition) is 1. The normalized spacial score (nSPS) is 10.0. The van der Waals surface area contributed by atoms with Crippen molar-refractivity contribution in [3.8, 4) is 17.6 Å². The molecule has 0 bridgehead atoms. The Morgan fingerprint density at radius 2 is 1.58 bits per heavy atom. The highest BCUT2D eigenvalue weighted by molar-refractivity contribution is 5.98. The van der Waals surface area contributed by atoms with Crippen molar-refractivity contribution in [1.82, 2.24) is 5.32 Å². The van der Waals surface area contributed by atoms with Gasteiger partial charge in [0.2, 0.25) is 0 Å². The zero-order chi connectivity index (χ0) is 24.4. The van der Waals surface area contributed by atoms with Gasteiger partial charge >= 0.3 is 5.97 Å². The maximum Gasteiger partial charge on any atom is 0.325 e. The molecule has 9 heteroatoms. The molecule has 0 atom stereocenters. The van der Waals surface area contributed by atoms with E-state index >= 15 is 0 Å². The Kier molecular flexibility index (Phi) is 9.24. The molecule has 2 rings (SSSR count). The van der Waals surface area contributed by atoms with Crippen LogP contribution in [0, 0.1) is 25.2 Å². The van der Waals surface area contributed by atoms with Gasteiger partial charge in [0, 0.05) is 23.9 Å². The van der Waals surface area contributed by atoms with Crippen LogP contribution in [0.3, 0.4) is 0 Å². The van der Waals surface area contributed by atoms with Crippen LogP contribution in [0.1, 0.15) is 27.9 Å². The average molecular weight is 453 g/mol. The molecule has 0 saturated heterocycles. The fraction of sp³-hybridized carbons (Fsp3) is 0.333. The first-order chi connectivity index (χ1) is 15.8. The topological polar surface area (TPSA) is 118 Å². The van der Waals surface area contributed by atoms with Gasteiger partial charge in [-0.3, -0.25) is 14.4 Å². The smallest absolute Gasteiger partial charge is 0.325 e. The monoisotopic (exact) mass is 453 g/mol. The van der Waals surface area contributed by atoms with Crippen molar-refractivity contribution >= 4 is 23.5 Å². The Hall–Kier alpha value is -4.06. The second-order valence-corrected chi connectivity index (χ2v) is 7.24. The van der Waals surface area contributed by atoms with Crippen molar-refractivity contribution in [3.05, 3.63) is 53.1 Å². The van der Waals surface area contributed by atoms with Gasteiger partial charge in [0.05, 0.1) is 26.7 Å². The van der Waals surface area contributed by atoms with Gasteiger partial charge in [-0.1, -0.05) is 6.07 Å². The van der Waals surface area contributed by atoms with Crippen LogP contribution in [0.5, 0.6) is 11.5 Å². The molecule has 0 fully saturated rings. The summed E-state index contributed by atoms with van der Waals surface area (Å²) in [5, 5.41) is 11.4. The number of esters is 1. The minimum Gasteiger partial charge on any atom is -0.497 e. The van der Waals surface area contributed by atoms with Gasteiger partial charge in [-0.15, -0.1) is 0 Å². The van der Waals surface area contributed by atoms with Crippen molar-refractivity contribution in [3.63, 3.8) is 0 Å². The lowest BCUT2D eigenvalue weighted by Gasteiger charge is -2.22. The van der Waals surface area contributed by atoms with E-state index in [9.17, 15) is 14.4 Å². The lowest BCUT2D eigenvalue weighted by molar-refractivity contribution is -0.146. The predicted octanol–water partition coefficient (Wildman–Crippen LogP) is 2.54. The number of hydrogen-bond acceptors (Lipinski definition) is 7. The molecule has 0 heterocycles. The fourth-order valence-corrected chi connectivity index (χ4v) is 3.13. The van der Waals surface area contributed by atoms with Gasteiger partial charge < -0.3 is 24.4 Å². The van der Waals surface area contributed by atoms with Crippen LogP contribution in [0.25, 0.3) is 0 Å². The molecule has 2 aromatic carbocycles. The van der Waals surface area contributed by atoms with Crippen molar-refractivity contribution in [2.75, 3.05) is 38.8 Å². The SMILES string of the molecule is COc1cc(OC)cc(C(=O)NCC(=O)OCC(=O)N(CCC#N)c2cc(C)cc(C)c2)c1. The summed E-state index contributed by atoms with van der Waals surface area (Å²) in [5.74, 6) is -0.908. The number of anilines is 1. The number of amides is 2. The van der Waals surface area contributed by atoms with E-state index in [-0.39, 0.29) is 18.5 Å². The largest absolute Gasteiger partial charge is 0.497 e. The molecule has 33 heavy (non-hydrogen) atoms. The van der Waals surface area contributed by atoms with Crippen molar-refractivity contribution in [1.29, 1.82) is 5.26 Å². The second kappa shape index (κ2) is 12.1. The number of aryl methyl sites for hydroxylation is 2. The Balaban J connectivity index is 1.96.